The molecule has 2 aromatic carbocycles. The van der Waals surface area contributed by atoms with Crippen molar-refractivity contribution < 1.29 is 48.4 Å². The standard InChI is InChI=1S/C23H22F5NO5/c1-13(23(26,27)28)34-18-4-3-14(7-19(18)31-2)21(30)29-6-5-22(20(11-29)32-12-33-22)15-8-16(24)10-17(25)9-15/h3-4,7-10,13,20H,5-6,11-12H2,1-2H3/t13?,20?,22-/m1/s1/i12D2. The Morgan fingerprint density at radius 1 is 1.21 bits per heavy atom. The summed E-state index contributed by atoms with van der Waals surface area (Å²) in [5, 5.41) is 0. The molecule has 2 aliphatic heterocycles. The maximum atomic E-state index is 13.9. The van der Waals surface area contributed by atoms with Gasteiger partial charge in [-0.1, -0.05) is 0 Å². The normalized spacial score (nSPS) is 25.7. The summed E-state index contributed by atoms with van der Waals surface area (Å²) in [6, 6.07) is 6.43. The van der Waals surface area contributed by atoms with Crippen molar-refractivity contribution in [1.82, 2.24) is 4.90 Å². The van der Waals surface area contributed by atoms with Crippen LogP contribution >= 0.6 is 0 Å². The van der Waals surface area contributed by atoms with Gasteiger partial charge < -0.3 is 23.8 Å². The van der Waals surface area contributed by atoms with Crippen molar-refractivity contribution in [3.63, 3.8) is 0 Å². The van der Waals surface area contributed by atoms with Crippen LogP contribution in [0.3, 0.4) is 0 Å². The fourth-order valence-electron chi connectivity index (χ4n) is 4.02. The number of alkyl halides is 3. The molecular weight excluding hydrogens is 465 g/mol. The summed E-state index contributed by atoms with van der Waals surface area (Å²) in [6.45, 7) is -1.89. The number of methoxy groups -OCH3 is 1. The van der Waals surface area contributed by atoms with Crippen molar-refractivity contribution >= 4 is 5.91 Å². The van der Waals surface area contributed by atoms with Crippen LogP contribution in [-0.4, -0.2) is 56.1 Å². The molecule has 0 spiro atoms. The molecule has 2 aliphatic rings. The molecule has 6 nitrogen and oxygen atoms in total. The van der Waals surface area contributed by atoms with E-state index in [0.29, 0.717) is 6.07 Å². The zero-order valence-corrected chi connectivity index (χ0v) is 18.1. The molecule has 11 heteroatoms. The van der Waals surface area contributed by atoms with Crippen LogP contribution in [0.5, 0.6) is 11.5 Å². The molecule has 4 rings (SSSR count). The summed E-state index contributed by atoms with van der Waals surface area (Å²) in [5.41, 5.74) is -1.42. The first kappa shape index (κ1) is 21.6. The van der Waals surface area contributed by atoms with Gasteiger partial charge in [0, 0.05) is 24.6 Å². The highest BCUT2D eigenvalue weighted by Crippen LogP contribution is 2.43. The number of nitrogens with zero attached hydrogens (tertiary/aromatic N) is 1. The fourth-order valence-corrected chi connectivity index (χ4v) is 4.02. The number of rotatable bonds is 5. The molecule has 0 N–H and O–H groups in total. The van der Waals surface area contributed by atoms with Crippen LogP contribution in [0, 0.1) is 11.6 Å². The Balaban J connectivity index is 1.57. The molecule has 2 heterocycles. The number of ether oxygens (including phenoxy) is 4. The molecule has 184 valence electrons. The van der Waals surface area contributed by atoms with Crippen molar-refractivity contribution in [3.8, 4) is 11.5 Å². The van der Waals surface area contributed by atoms with Gasteiger partial charge in [0.05, 0.1) is 16.4 Å². The largest absolute Gasteiger partial charge is 0.493 e. The quantitative estimate of drug-likeness (QED) is 0.583. The lowest BCUT2D eigenvalue weighted by molar-refractivity contribution is -0.189. The lowest BCUT2D eigenvalue weighted by Crippen LogP contribution is -2.53. The van der Waals surface area contributed by atoms with Crippen molar-refractivity contribution in [1.29, 1.82) is 0 Å². The number of halogens is 5. The first-order chi connectivity index (χ1) is 16.7. The second-order valence-corrected chi connectivity index (χ2v) is 8.01. The second-order valence-electron chi connectivity index (χ2n) is 8.01. The van der Waals surface area contributed by atoms with E-state index in [4.69, 9.17) is 21.7 Å². The maximum Gasteiger partial charge on any atom is 0.425 e. The van der Waals surface area contributed by atoms with E-state index < -0.39 is 48.3 Å². The minimum Gasteiger partial charge on any atom is -0.493 e. The van der Waals surface area contributed by atoms with E-state index in [0.717, 1.165) is 19.1 Å². The number of carbonyl (C=O) groups is 1. The number of piperidine rings is 1. The van der Waals surface area contributed by atoms with E-state index in [1.54, 1.807) is 0 Å². The third kappa shape index (κ3) is 4.54. The minimum atomic E-state index is -4.60. The Hall–Kier alpha value is -2.92. The molecule has 2 aromatic rings. The van der Waals surface area contributed by atoms with Gasteiger partial charge in [-0.05, 0) is 42.8 Å². The molecule has 3 atom stereocenters. The third-order valence-corrected chi connectivity index (χ3v) is 5.89. The van der Waals surface area contributed by atoms with Crippen LogP contribution in [0.25, 0.3) is 0 Å². The first-order valence-corrected chi connectivity index (χ1v) is 10.3. The molecule has 2 fully saturated rings. The predicted molar refractivity (Wildman–Crippen MR) is 109 cm³/mol. The summed E-state index contributed by atoms with van der Waals surface area (Å²) in [5.74, 6) is -2.58. The Bertz CT molecular complexity index is 1140. The van der Waals surface area contributed by atoms with Gasteiger partial charge in [0.15, 0.2) is 17.6 Å². The SMILES string of the molecule is [2H]C1([2H])OC2CN(C(=O)c3ccc(OC(C)C(F)(F)F)c(OC)c3)CC[C@]2(c2cc(F)cc(F)c2)O1. The van der Waals surface area contributed by atoms with Gasteiger partial charge in [0.1, 0.15) is 30.1 Å². The second kappa shape index (κ2) is 9.03. The maximum absolute atomic E-state index is 13.9. The number of amides is 1. The van der Waals surface area contributed by atoms with Gasteiger partial charge in [0.25, 0.3) is 5.91 Å². The van der Waals surface area contributed by atoms with Crippen molar-refractivity contribution in [2.24, 2.45) is 0 Å². The topological polar surface area (TPSA) is 57.2 Å². The fraction of sp³-hybridized carbons (Fsp3) is 0.435. The average molecular weight is 489 g/mol. The molecule has 0 bridgehead atoms. The van der Waals surface area contributed by atoms with Crippen LogP contribution < -0.4 is 9.47 Å². The summed E-state index contributed by atoms with van der Waals surface area (Å²) in [7, 11) is 1.22. The predicted octanol–water partition coefficient (Wildman–Crippen LogP) is 4.42. The van der Waals surface area contributed by atoms with Crippen LogP contribution in [-0.2, 0) is 15.1 Å². The first-order valence-electron chi connectivity index (χ1n) is 11.3. The van der Waals surface area contributed by atoms with Gasteiger partial charge in [-0.2, -0.15) is 13.2 Å². The zero-order valence-electron chi connectivity index (χ0n) is 20.1. The molecule has 2 saturated heterocycles. The van der Waals surface area contributed by atoms with Crippen LogP contribution in [0.15, 0.2) is 36.4 Å². The molecule has 0 aromatic heterocycles. The van der Waals surface area contributed by atoms with E-state index in [1.807, 2.05) is 0 Å². The van der Waals surface area contributed by atoms with Crippen molar-refractivity contribution in [2.45, 2.75) is 37.3 Å². The smallest absolute Gasteiger partial charge is 0.425 e. The minimum absolute atomic E-state index is 0.0125. The summed E-state index contributed by atoms with van der Waals surface area (Å²) < 4.78 is 103. The number of hydrogen-bond acceptors (Lipinski definition) is 5. The van der Waals surface area contributed by atoms with E-state index in [1.165, 1.54) is 30.2 Å². The van der Waals surface area contributed by atoms with Crippen molar-refractivity contribution in [2.75, 3.05) is 26.9 Å². The highest BCUT2D eigenvalue weighted by molar-refractivity contribution is 5.95. The van der Waals surface area contributed by atoms with Crippen LogP contribution in [0.4, 0.5) is 22.0 Å². The monoisotopic (exact) mass is 489 g/mol. The molecular formula is C23H22F5NO5. The van der Waals surface area contributed by atoms with Crippen LogP contribution in [0.2, 0.25) is 0 Å². The molecule has 0 radical (unpaired) electrons. The number of benzene rings is 2. The molecule has 34 heavy (non-hydrogen) atoms. The number of carbonyl (C=O) groups excluding carboxylic acids is 1. The van der Waals surface area contributed by atoms with Gasteiger partial charge in [0.2, 0.25) is 0 Å². The molecule has 1 amide bonds. The van der Waals surface area contributed by atoms with Crippen molar-refractivity contribution in [3.05, 3.63) is 59.2 Å². The Labute approximate surface area is 195 Å². The van der Waals surface area contributed by atoms with E-state index in [-0.39, 0.29) is 42.1 Å². The lowest BCUT2D eigenvalue weighted by Gasteiger charge is -2.42. The Morgan fingerprint density at radius 2 is 1.91 bits per heavy atom. The average Bonchev–Trinajstić information content (AvgIpc) is 3.07. The van der Waals surface area contributed by atoms with E-state index in [2.05, 4.69) is 0 Å². The Morgan fingerprint density at radius 3 is 2.56 bits per heavy atom. The highest BCUT2D eigenvalue weighted by Gasteiger charge is 2.51. The summed E-state index contributed by atoms with van der Waals surface area (Å²) in [6.07, 6.45) is -7.83. The number of fused-ring (bicyclic) bond motifs is 1. The van der Waals surface area contributed by atoms with Gasteiger partial charge in [-0.15, -0.1) is 0 Å². The summed E-state index contributed by atoms with van der Waals surface area (Å²) >= 11 is 0. The third-order valence-electron chi connectivity index (χ3n) is 5.89. The van der Waals surface area contributed by atoms with E-state index in [9.17, 15) is 26.7 Å². The molecule has 0 aliphatic carbocycles. The van der Waals surface area contributed by atoms with Gasteiger partial charge >= 0.3 is 6.18 Å². The van der Waals surface area contributed by atoms with Crippen LogP contribution in [0.1, 0.15) is 32.0 Å². The molecule has 2 unspecified atom stereocenters. The Kier molecular flexibility index (Phi) is 5.74. The number of hydrogen-bond donors (Lipinski definition) is 0. The molecule has 0 saturated carbocycles. The zero-order chi connectivity index (χ0) is 26.5. The van der Waals surface area contributed by atoms with Gasteiger partial charge in [-0.25, -0.2) is 8.78 Å². The van der Waals surface area contributed by atoms with E-state index >= 15 is 0 Å². The highest BCUT2D eigenvalue weighted by atomic mass is 19.4. The van der Waals surface area contributed by atoms with Gasteiger partial charge in [-0.3, -0.25) is 4.79 Å². The number of likely N-dealkylation sites (tertiary alicyclic amines) is 1. The summed E-state index contributed by atoms with van der Waals surface area (Å²) in [4.78, 5) is 14.5. The lowest BCUT2D eigenvalue weighted by atomic mass is 9.82.